The Morgan fingerprint density at radius 1 is 1.18 bits per heavy atom. The molecule has 0 aromatic heterocycles. The highest BCUT2D eigenvalue weighted by atomic mass is 16.5. The fraction of sp³-hybridized carbons (Fsp3) is 0.292. The summed E-state index contributed by atoms with van der Waals surface area (Å²) in [5.41, 5.74) is 3.50. The van der Waals surface area contributed by atoms with Crippen LogP contribution in [0, 0.1) is 18.3 Å². The minimum Gasteiger partial charge on any atom is -0.449 e. The third-order valence-electron chi connectivity index (χ3n) is 4.88. The molecule has 2 amide bonds. The van der Waals surface area contributed by atoms with E-state index in [2.05, 4.69) is 5.32 Å². The van der Waals surface area contributed by atoms with Gasteiger partial charge in [-0.3, -0.25) is 4.79 Å². The summed E-state index contributed by atoms with van der Waals surface area (Å²) in [6, 6.07) is 16.7. The van der Waals surface area contributed by atoms with E-state index < -0.39 is 19.2 Å². The molecule has 0 spiro atoms. The molecule has 33 heavy (non-hydrogen) atoms. The largest absolute Gasteiger partial charge is 0.475 e. The molecule has 2 aromatic rings. The lowest BCUT2D eigenvalue weighted by molar-refractivity contribution is -0.124. The van der Waals surface area contributed by atoms with Gasteiger partial charge in [-0.15, -0.1) is 0 Å². The molecule has 2 aromatic carbocycles. The summed E-state index contributed by atoms with van der Waals surface area (Å²) >= 11 is 0. The van der Waals surface area contributed by atoms with Gasteiger partial charge in [-0.1, -0.05) is 54.1 Å². The summed E-state index contributed by atoms with van der Waals surface area (Å²) in [6.45, 7) is 2.02. The lowest BCUT2D eigenvalue weighted by Gasteiger charge is -2.18. The van der Waals surface area contributed by atoms with E-state index in [-0.39, 0.29) is 24.5 Å². The van der Waals surface area contributed by atoms with E-state index in [0.717, 1.165) is 16.7 Å². The monoisotopic (exact) mass is 449 g/mol. The Balaban J connectivity index is 1.91. The van der Waals surface area contributed by atoms with Crippen molar-refractivity contribution in [2.45, 2.75) is 25.7 Å². The second-order valence-electron chi connectivity index (χ2n) is 7.85. The van der Waals surface area contributed by atoms with Crippen molar-refractivity contribution in [2.75, 3.05) is 20.7 Å². The molecule has 8 nitrogen and oxygen atoms in total. The molecule has 0 aliphatic heterocycles. The number of rotatable bonds is 9. The Morgan fingerprint density at radius 3 is 2.48 bits per heavy atom. The molecule has 0 aliphatic rings. The van der Waals surface area contributed by atoms with Gasteiger partial charge in [0.2, 0.25) is 0 Å². The third-order valence-corrected chi connectivity index (χ3v) is 4.88. The molecule has 0 aliphatic carbocycles. The van der Waals surface area contributed by atoms with Crippen molar-refractivity contribution < 1.29 is 24.4 Å². The standard InChI is InChI=1S/C24H28BN3O5/c1-17-7-9-19(10-8-17)15-22(25(31)32)27-24(30)33-12-11-18-5-4-6-20(13-18)14-21(16-26)23(29)28(2)3/h4-10,13-14,22,31-32H,11-12,15H2,1-3H3,(H,27,30). The lowest BCUT2D eigenvalue weighted by atomic mass is 9.76. The molecule has 1 atom stereocenters. The minimum atomic E-state index is -1.73. The van der Waals surface area contributed by atoms with E-state index in [1.54, 1.807) is 32.3 Å². The van der Waals surface area contributed by atoms with Gasteiger partial charge in [0, 0.05) is 20.5 Å². The van der Waals surface area contributed by atoms with Crippen molar-refractivity contribution in [3.63, 3.8) is 0 Å². The molecule has 0 radical (unpaired) electrons. The van der Waals surface area contributed by atoms with Gasteiger partial charge in [0.15, 0.2) is 0 Å². The molecule has 9 heteroatoms. The van der Waals surface area contributed by atoms with E-state index in [1.165, 1.54) is 11.0 Å². The van der Waals surface area contributed by atoms with Crippen LogP contribution in [-0.2, 0) is 22.4 Å². The zero-order valence-corrected chi connectivity index (χ0v) is 19.0. The number of carbonyl (C=O) groups excluding carboxylic acids is 2. The Bertz CT molecular complexity index is 1030. The van der Waals surface area contributed by atoms with Crippen molar-refractivity contribution >= 4 is 25.2 Å². The first kappa shape index (κ1) is 25.7. The van der Waals surface area contributed by atoms with Crippen molar-refractivity contribution in [3.8, 4) is 6.07 Å². The van der Waals surface area contributed by atoms with Crippen LogP contribution in [-0.4, -0.2) is 60.7 Å². The summed E-state index contributed by atoms with van der Waals surface area (Å²) in [5, 5.41) is 30.9. The Hall–Kier alpha value is -3.61. The highest BCUT2D eigenvalue weighted by Gasteiger charge is 2.26. The molecule has 0 saturated heterocycles. The van der Waals surface area contributed by atoms with Gasteiger partial charge in [-0.05, 0) is 36.1 Å². The Morgan fingerprint density at radius 2 is 1.88 bits per heavy atom. The van der Waals surface area contributed by atoms with Crippen LogP contribution in [0.3, 0.4) is 0 Å². The second-order valence-corrected chi connectivity index (χ2v) is 7.85. The van der Waals surface area contributed by atoms with Gasteiger partial charge >= 0.3 is 13.2 Å². The lowest BCUT2D eigenvalue weighted by Crippen LogP contribution is -2.48. The highest BCUT2D eigenvalue weighted by Crippen LogP contribution is 2.12. The molecule has 0 bridgehead atoms. The van der Waals surface area contributed by atoms with Crippen molar-refractivity contribution in [3.05, 3.63) is 76.4 Å². The number of ether oxygens (including phenoxy) is 1. The maximum atomic E-state index is 12.1. The van der Waals surface area contributed by atoms with Crippen LogP contribution in [0.15, 0.2) is 54.1 Å². The van der Waals surface area contributed by atoms with Crippen LogP contribution >= 0.6 is 0 Å². The van der Waals surface area contributed by atoms with E-state index in [0.29, 0.717) is 12.0 Å². The molecule has 0 saturated carbocycles. The predicted molar refractivity (Wildman–Crippen MR) is 126 cm³/mol. The predicted octanol–water partition coefficient (Wildman–Crippen LogP) is 1.88. The topological polar surface area (TPSA) is 123 Å². The molecule has 172 valence electrons. The SMILES string of the molecule is Cc1ccc(CC(NC(=O)OCCc2cccc(C=C(C#N)C(=O)N(C)C)c2)B(O)O)cc1. The summed E-state index contributed by atoms with van der Waals surface area (Å²) in [6.07, 6.45) is 1.41. The molecule has 3 N–H and O–H groups in total. The number of hydrogen-bond acceptors (Lipinski definition) is 6. The van der Waals surface area contributed by atoms with Crippen LogP contribution in [0.2, 0.25) is 0 Å². The molecule has 2 rings (SSSR count). The maximum Gasteiger partial charge on any atom is 0.475 e. The van der Waals surface area contributed by atoms with Crippen molar-refractivity contribution in [1.82, 2.24) is 10.2 Å². The number of likely N-dealkylation sites (N-methyl/N-ethyl adjacent to an activating group) is 1. The van der Waals surface area contributed by atoms with Gasteiger partial charge < -0.3 is 25.0 Å². The van der Waals surface area contributed by atoms with E-state index in [9.17, 15) is 24.9 Å². The fourth-order valence-corrected chi connectivity index (χ4v) is 3.05. The molecule has 1 unspecified atom stereocenters. The number of benzene rings is 2. The van der Waals surface area contributed by atoms with Crippen LogP contribution in [0.25, 0.3) is 6.08 Å². The number of nitrogens with one attached hydrogen (secondary N) is 1. The molecule has 0 heterocycles. The fourth-order valence-electron chi connectivity index (χ4n) is 3.05. The average molecular weight is 449 g/mol. The number of nitrogens with zero attached hydrogens (tertiary/aromatic N) is 2. The first-order chi connectivity index (χ1) is 15.7. The zero-order valence-electron chi connectivity index (χ0n) is 19.0. The van der Waals surface area contributed by atoms with Crippen LogP contribution < -0.4 is 5.32 Å². The van der Waals surface area contributed by atoms with Gasteiger partial charge in [0.1, 0.15) is 11.6 Å². The number of aryl methyl sites for hydroxylation is 1. The van der Waals surface area contributed by atoms with E-state index in [1.807, 2.05) is 43.3 Å². The Kier molecular flexibility index (Phi) is 9.67. The number of nitriles is 1. The summed E-state index contributed by atoms with van der Waals surface area (Å²) in [5.74, 6) is -1.29. The van der Waals surface area contributed by atoms with Gasteiger partial charge in [-0.25, -0.2) is 4.79 Å². The van der Waals surface area contributed by atoms with Crippen molar-refractivity contribution in [1.29, 1.82) is 5.26 Å². The molecular formula is C24H28BN3O5. The number of hydrogen-bond donors (Lipinski definition) is 3. The van der Waals surface area contributed by atoms with E-state index >= 15 is 0 Å². The second kappa shape index (κ2) is 12.4. The zero-order chi connectivity index (χ0) is 24.4. The normalized spacial score (nSPS) is 11.8. The van der Waals surface area contributed by atoms with Crippen LogP contribution in [0.5, 0.6) is 0 Å². The van der Waals surface area contributed by atoms with Crippen molar-refractivity contribution in [2.24, 2.45) is 0 Å². The third kappa shape index (κ3) is 8.45. The van der Waals surface area contributed by atoms with Gasteiger partial charge in [0.25, 0.3) is 5.91 Å². The quantitative estimate of drug-likeness (QED) is 0.305. The Labute approximate surface area is 194 Å². The number of carbonyl (C=O) groups is 2. The number of alkyl carbamates (subject to hydrolysis) is 1. The molecule has 0 fully saturated rings. The van der Waals surface area contributed by atoms with Gasteiger partial charge in [-0.2, -0.15) is 5.26 Å². The first-order valence-corrected chi connectivity index (χ1v) is 10.5. The van der Waals surface area contributed by atoms with Crippen LogP contribution in [0.1, 0.15) is 22.3 Å². The number of amides is 2. The van der Waals surface area contributed by atoms with Crippen LogP contribution in [0.4, 0.5) is 4.79 Å². The molecular weight excluding hydrogens is 421 g/mol. The van der Waals surface area contributed by atoms with E-state index in [4.69, 9.17) is 4.74 Å². The smallest absolute Gasteiger partial charge is 0.449 e. The maximum absolute atomic E-state index is 12.1. The highest BCUT2D eigenvalue weighted by molar-refractivity contribution is 6.43. The summed E-state index contributed by atoms with van der Waals surface area (Å²) in [4.78, 5) is 25.5. The average Bonchev–Trinajstić information content (AvgIpc) is 2.78. The summed E-state index contributed by atoms with van der Waals surface area (Å²) < 4.78 is 5.19. The summed E-state index contributed by atoms with van der Waals surface area (Å²) in [7, 11) is 1.42. The van der Waals surface area contributed by atoms with Gasteiger partial charge in [0.05, 0.1) is 12.5 Å². The minimum absolute atomic E-state index is 0.0231. The first-order valence-electron chi connectivity index (χ1n) is 10.5.